The summed E-state index contributed by atoms with van der Waals surface area (Å²) < 4.78 is 5.76. The van der Waals surface area contributed by atoms with Crippen LogP contribution in [0.15, 0.2) is 18.2 Å². The molecule has 4 heteroatoms. The number of benzene rings is 1. The molecule has 1 unspecified atom stereocenters. The van der Waals surface area contributed by atoms with Gasteiger partial charge in [0.1, 0.15) is 0 Å². The molecule has 1 N–H and O–H groups in total. The lowest BCUT2D eigenvalue weighted by Crippen LogP contribution is -2.42. The molecule has 1 heterocycles. The summed E-state index contributed by atoms with van der Waals surface area (Å²) in [4.78, 5) is 2.42. The summed E-state index contributed by atoms with van der Waals surface area (Å²) in [5.41, 5.74) is 2.55. The quantitative estimate of drug-likeness (QED) is 0.901. The van der Waals surface area contributed by atoms with Gasteiger partial charge in [-0.1, -0.05) is 32.4 Å². The van der Waals surface area contributed by atoms with E-state index in [0.29, 0.717) is 12.1 Å². The van der Waals surface area contributed by atoms with Gasteiger partial charge in [0.25, 0.3) is 0 Å². The normalized spacial score (nSPS) is 19.6. The Bertz CT molecular complexity index is 436. The van der Waals surface area contributed by atoms with Crippen molar-refractivity contribution in [3.05, 3.63) is 28.8 Å². The minimum atomic E-state index is 0.338. The molecule has 1 aromatic rings. The molecule has 0 aromatic heterocycles. The fourth-order valence-electron chi connectivity index (χ4n) is 2.50. The lowest BCUT2D eigenvalue weighted by molar-refractivity contribution is 0.0384. The van der Waals surface area contributed by atoms with E-state index < -0.39 is 0 Å². The van der Waals surface area contributed by atoms with Crippen LogP contribution in [-0.4, -0.2) is 31.8 Å². The third-order valence-corrected chi connectivity index (χ3v) is 3.91. The highest BCUT2D eigenvalue weighted by molar-refractivity contribution is 6.30. The second-order valence-corrected chi connectivity index (χ2v) is 6.09. The first kappa shape index (κ1) is 15.6. The topological polar surface area (TPSA) is 24.5 Å². The fourth-order valence-corrected chi connectivity index (χ4v) is 2.70. The van der Waals surface area contributed by atoms with Gasteiger partial charge in [0.05, 0.1) is 12.7 Å². The van der Waals surface area contributed by atoms with Crippen LogP contribution in [0.2, 0.25) is 5.02 Å². The number of morpholine rings is 1. The van der Waals surface area contributed by atoms with Crippen molar-refractivity contribution < 1.29 is 4.74 Å². The van der Waals surface area contributed by atoms with Crippen LogP contribution in [0.4, 0.5) is 5.69 Å². The van der Waals surface area contributed by atoms with Gasteiger partial charge in [0, 0.05) is 36.4 Å². The zero-order valence-corrected chi connectivity index (χ0v) is 13.4. The van der Waals surface area contributed by atoms with Gasteiger partial charge in [-0.3, -0.25) is 0 Å². The Labute approximate surface area is 127 Å². The molecule has 0 bridgehead atoms. The Kier molecular flexibility index (Phi) is 5.70. The second kappa shape index (κ2) is 7.30. The number of nitrogens with one attached hydrogen (secondary N) is 1. The molecule has 1 saturated heterocycles. The lowest BCUT2D eigenvalue weighted by atomic mass is 10.1. The summed E-state index contributed by atoms with van der Waals surface area (Å²) in [6.45, 7) is 10.1. The predicted molar refractivity (Wildman–Crippen MR) is 85.7 cm³/mol. The molecule has 1 aliphatic rings. The highest BCUT2D eigenvalue weighted by Crippen LogP contribution is 2.26. The minimum Gasteiger partial charge on any atom is -0.375 e. The Morgan fingerprint density at radius 1 is 1.45 bits per heavy atom. The van der Waals surface area contributed by atoms with Gasteiger partial charge in [0.15, 0.2) is 0 Å². The molecule has 1 fully saturated rings. The number of ether oxygens (including phenoxy) is 1. The molecule has 1 atom stereocenters. The van der Waals surface area contributed by atoms with Crippen molar-refractivity contribution in [3.63, 3.8) is 0 Å². The third-order valence-electron chi connectivity index (χ3n) is 3.68. The number of hydrogen-bond acceptors (Lipinski definition) is 3. The molecule has 1 aliphatic heterocycles. The molecule has 0 spiro atoms. The highest BCUT2D eigenvalue weighted by atomic mass is 35.5. The first-order valence-corrected chi connectivity index (χ1v) is 7.86. The summed E-state index contributed by atoms with van der Waals surface area (Å²) in [5, 5.41) is 4.28. The smallest absolute Gasteiger partial charge is 0.0748 e. The summed E-state index contributed by atoms with van der Waals surface area (Å²) in [6, 6.07) is 6.65. The number of anilines is 1. The maximum Gasteiger partial charge on any atom is 0.0748 e. The van der Waals surface area contributed by atoms with Crippen LogP contribution in [0.5, 0.6) is 0 Å². The lowest BCUT2D eigenvalue weighted by Gasteiger charge is -2.35. The fraction of sp³-hybridized carbons (Fsp3) is 0.625. The number of nitrogens with zero attached hydrogens (tertiary/aromatic N) is 1. The van der Waals surface area contributed by atoms with Crippen molar-refractivity contribution in [1.29, 1.82) is 0 Å². The van der Waals surface area contributed by atoms with E-state index in [-0.39, 0.29) is 0 Å². The number of halogens is 1. The number of rotatable bonds is 5. The van der Waals surface area contributed by atoms with Crippen molar-refractivity contribution in [2.45, 2.75) is 45.9 Å². The van der Waals surface area contributed by atoms with Crippen LogP contribution >= 0.6 is 11.6 Å². The zero-order chi connectivity index (χ0) is 14.5. The van der Waals surface area contributed by atoms with Gasteiger partial charge in [-0.05, 0) is 30.2 Å². The van der Waals surface area contributed by atoms with E-state index in [1.807, 2.05) is 6.07 Å². The first-order chi connectivity index (χ1) is 9.60. The van der Waals surface area contributed by atoms with Crippen LogP contribution in [0.1, 0.15) is 32.8 Å². The van der Waals surface area contributed by atoms with Gasteiger partial charge in [-0.25, -0.2) is 0 Å². The van der Waals surface area contributed by atoms with Crippen LogP contribution in [0.3, 0.4) is 0 Å². The van der Waals surface area contributed by atoms with Crippen LogP contribution in [0.25, 0.3) is 0 Å². The molecule has 0 aliphatic carbocycles. The van der Waals surface area contributed by atoms with E-state index in [9.17, 15) is 0 Å². The van der Waals surface area contributed by atoms with Gasteiger partial charge in [-0.15, -0.1) is 0 Å². The van der Waals surface area contributed by atoms with Crippen LogP contribution < -0.4 is 10.2 Å². The molecule has 1 aromatic carbocycles. The van der Waals surface area contributed by atoms with Gasteiger partial charge < -0.3 is 15.0 Å². The highest BCUT2D eigenvalue weighted by Gasteiger charge is 2.21. The molecular weight excluding hydrogens is 272 g/mol. The Hall–Kier alpha value is -0.770. The summed E-state index contributed by atoms with van der Waals surface area (Å²) in [7, 11) is 0. The molecule has 112 valence electrons. The van der Waals surface area contributed by atoms with E-state index in [0.717, 1.165) is 37.7 Å². The molecule has 2 rings (SSSR count). The average molecular weight is 297 g/mol. The van der Waals surface area contributed by atoms with Crippen molar-refractivity contribution in [3.8, 4) is 0 Å². The van der Waals surface area contributed by atoms with Crippen molar-refractivity contribution in [2.75, 3.05) is 24.6 Å². The van der Waals surface area contributed by atoms with Gasteiger partial charge in [0.2, 0.25) is 0 Å². The maximum atomic E-state index is 6.16. The largest absolute Gasteiger partial charge is 0.375 e. The van der Waals surface area contributed by atoms with Crippen LogP contribution in [-0.2, 0) is 11.3 Å². The van der Waals surface area contributed by atoms with E-state index in [1.54, 1.807) is 0 Å². The molecular formula is C16H25ClN2O. The molecule has 0 amide bonds. The van der Waals surface area contributed by atoms with E-state index in [2.05, 4.69) is 43.1 Å². The van der Waals surface area contributed by atoms with Crippen molar-refractivity contribution in [2.24, 2.45) is 0 Å². The molecule has 20 heavy (non-hydrogen) atoms. The molecule has 0 saturated carbocycles. The van der Waals surface area contributed by atoms with E-state index in [1.165, 1.54) is 11.3 Å². The van der Waals surface area contributed by atoms with Crippen molar-refractivity contribution in [1.82, 2.24) is 5.32 Å². The Balaban J connectivity index is 2.16. The standard InChI is InChI=1S/C16H25ClN2O/c1-4-15-11-19(7-8-20-15)16-6-5-14(17)9-13(16)10-18-12(2)3/h5-6,9,12,15,18H,4,7-8,10-11H2,1-3H3. The first-order valence-electron chi connectivity index (χ1n) is 7.48. The minimum absolute atomic E-state index is 0.338. The second-order valence-electron chi connectivity index (χ2n) is 5.66. The predicted octanol–water partition coefficient (Wildman–Crippen LogP) is 3.45. The van der Waals surface area contributed by atoms with E-state index >= 15 is 0 Å². The summed E-state index contributed by atoms with van der Waals surface area (Å²) >= 11 is 6.16. The average Bonchev–Trinajstić information content (AvgIpc) is 2.45. The van der Waals surface area contributed by atoms with Crippen molar-refractivity contribution >= 4 is 17.3 Å². The number of hydrogen-bond donors (Lipinski definition) is 1. The summed E-state index contributed by atoms with van der Waals surface area (Å²) in [5.74, 6) is 0. The third kappa shape index (κ3) is 4.11. The van der Waals surface area contributed by atoms with E-state index in [4.69, 9.17) is 16.3 Å². The SMILES string of the molecule is CCC1CN(c2ccc(Cl)cc2CNC(C)C)CCO1. The summed E-state index contributed by atoms with van der Waals surface area (Å²) in [6.07, 6.45) is 1.40. The Morgan fingerprint density at radius 3 is 2.95 bits per heavy atom. The molecule has 3 nitrogen and oxygen atoms in total. The zero-order valence-electron chi connectivity index (χ0n) is 12.7. The van der Waals surface area contributed by atoms with Gasteiger partial charge in [-0.2, -0.15) is 0 Å². The Morgan fingerprint density at radius 2 is 2.25 bits per heavy atom. The maximum absolute atomic E-state index is 6.16. The van der Waals surface area contributed by atoms with Gasteiger partial charge >= 0.3 is 0 Å². The van der Waals surface area contributed by atoms with Crippen LogP contribution in [0, 0.1) is 0 Å². The molecule has 0 radical (unpaired) electrons. The monoisotopic (exact) mass is 296 g/mol.